The lowest BCUT2D eigenvalue weighted by Crippen LogP contribution is -2.18. The summed E-state index contributed by atoms with van der Waals surface area (Å²) in [6, 6.07) is 0. The van der Waals surface area contributed by atoms with Gasteiger partial charge >= 0.3 is 11.9 Å². The van der Waals surface area contributed by atoms with Crippen LogP contribution in [0.2, 0.25) is 0 Å². The summed E-state index contributed by atoms with van der Waals surface area (Å²) < 4.78 is 5.86. The number of hydrogen-bond acceptors (Lipinski definition) is 3. The largest absolute Gasteiger partial charge is 0.481 e. The van der Waals surface area contributed by atoms with Crippen LogP contribution in [0.5, 0.6) is 0 Å². The Balaban J connectivity index is 3.54. The van der Waals surface area contributed by atoms with Crippen LogP contribution in [0.4, 0.5) is 0 Å². The Morgan fingerprint density at radius 2 is 0.927 bits per heavy atom. The number of carboxylic acids is 1. The molecule has 242 valence electrons. The first-order valence-corrected chi connectivity index (χ1v) is 18.2. The highest BCUT2D eigenvalue weighted by molar-refractivity contribution is 5.69. The van der Waals surface area contributed by atoms with Gasteiger partial charge in [-0.25, -0.2) is 0 Å². The van der Waals surface area contributed by atoms with Crippen LogP contribution in [0.15, 0.2) is 12.2 Å². The fourth-order valence-corrected chi connectivity index (χ4v) is 5.59. The summed E-state index contributed by atoms with van der Waals surface area (Å²) >= 11 is 0. The minimum atomic E-state index is -0.668. The first-order valence-electron chi connectivity index (χ1n) is 18.2. The number of ether oxygens (including phenoxy) is 1. The van der Waals surface area contributed by atoms with Crippen LogP contribution >= 0.6 is 0 Å². The van der Waals surface area contributed by atoms with Gasteiger partial charge in [-0.05, 0) is 57.8 Å². The van der Waals surface area contributed by atoms with Gasteiger partial charge in [0.2, 0.25) is 0 Å². The second-order valence-electron chi connectivity index (χ2n) is 12.4. The quantitative estimate of drug-likeness (QED) is 0.0478. The van der Waals surface area contributed by atoms with E-state index in [9.17, 15) is 9.59 Å². The fraction of sp³-hybridized carbons (Fsp3) is 0.892. The third kappa shape index (κ3) is 33.1. The lowest BCUT2D eigenvalue weighted by molar-refractivity contribution is -0.150. The van der Waals surface area contributed by atoms with Gasteiger partial charge in [0, 0.05) is 12.8 Å². The van der Waals surface area contributed by atoms with E-state index in [2.05, 4.69) is 26.0 Å². The van der Waals surface area contributed by atoms with Crippen LogP contribution < -0.4 is 0 Å². The Labute approximate surface area is 255 Å². The predicted octanol–water partition coefficient (Wildman–Crippen LogP) is 12.3. The summed E-state index contributed by atoms with van der Waals surface area (Å²) in [5.74, 6) is -0.647. The maximum absolute atomic E-state index is 12.4. The SMILES string of the molecule is CCCCCC/C=C\CCCCCCCCC(=O)OC(CCC)CCCCCCCCCCCCCCCC(=O)O. The van der Waals surface area contributed by atoms with Gasteiger partial charge in [-0.2, -0.15) is 0 Å². The molecule has 0 aliphatic heterocycles. The average molecular weight is 579 g/mol. The number of rotatable bonds is 33. The molecule has 1 atom stereocenters. The molecule has 41 heavy (non-hydrogen) atoms. The van der Waals surface area contributed by atoms with E-state index in [4.69, 9.17) is 9.84 Å². The molecular formula is C37H70O4. The Morgan fingerprint density at radius 1 is 0.512 bits per heavy atom. The molecule has 0 amide bonds. The summed E-state index contributed by atoms with van der Waals surface area (Å²) in [5, 5.41) is 8.65. The highest BCUT2D eigenvalue weighted by Crippen LogP contribution is 2.17. The van der Waals surface area contributed by atoms with Gasteiger partial charge in [0.15, 0.2) is 0 Å². The van der Waals surface area contributed by atoms with Crippen molar-refractivity contribution in [1.82, 2.24) is 0 Å². The lowest BCUT2D eigenvalue weighted by Gasteiger charge is -2.17. The van der Waals surface area contributed by atoms with Gasteiger partial charge in [-0.15, -0.1) is 0 Å². The Bertz CT molecular complexity index is 585. The van der Waals surface area contributed by atoms with E-state index in [-0.39, 0.29) is 12.1 Å². The fourth-order valence-electron chi connectivity index (χ4n) is 5.59. The Hall–Kier alpha value is -1.32. The van der Waals surface area contributed by atoms with Crippen molar-refractivity contribution in [3.8, 4) is 0 Å². The zero-order valence-corrected chi connectivity index (χ0v) is 27.6. The van der Waals surface area contributed by atoms with Crippen molar-refractivity contribution < 1.29 is 19.4 Å². The molecule has 0 aromatic rings. The van der Waals surface area contributed by atoms with Crippen molar-refractivity contribution >= 4 is 11.9 Å². The zero-order chi connectivity index (χ0) is 30.1. The molecule has 0 bridgehead atoms. The van der Waals surface area contributed by atoms with E-state index in [0.29, 0.717) is 12.8 Å². The normalized spacial score (nSPS) is 12.2. The number of aliphatic carboxylic acids is 1. The summed E-state index contributed by atoms with van der Waals surface area (Å²) in [7, 11) is 0. The van der Waals surface area contributed by atoms with Gasteiger partial charge in [0.25, 0.3) is 0 Å². The second kappa shape index (κ2) is 33.2. The zero-order valence-electron chi connectivity index (χ0n) is 27.6. The van der Waals surface area contributed by atoms with Crippen LogP contribution in [0.3, 0.4) is 0 Å². The third-order valence-electron chi connectivity index (χ3n) is 8.22. The monoisotopic (exact) mass is 579 g/mol. The molecular weight excluding hydrogens is 508 g/mol. The van der Waals surface area contributed by atoms with Crippen LogP contribution in [0.25, 0.3) is 0 Å². The second-order valence-corrected chi connectivity index (χ2v) is 12.4. The summed E-state index contributed by atoms with van der Waals surface area (Å²) in [6.07, 6.45) is 40.0. The maximum atomic E-state index is 12.4. The molecule has 4 nitrogen and oxygen atoms in total. The molecule has 1 N–H and O–H groups in total. The number of allylic oxidation sites excluding steroid dienone is 2. The average Bonchev–Trinajstić information content (AvgIpc) is 2.95. The van der Waals surface area contributed by atoms with E-state index < -0.39 is 5.97 Å². The van der Waals surface area contributed by atoms with E-state index in [0.717, 1.165) is 44.9 Å². The maximum Gasteiger partial charge on any atom is 0.306 e. The molecule has 0 rings (SSSR count). The standard InChI is InChI=1S/C37H70O4/c1-3-5-6-7-8-9-10-11-15-18-21-24-27-30-34-37(40)41-35(31-4-2)32-28-25-22-19-16-13-12-14-17-20-23-26-29-33-36(38)39/h9-10,35H,3-8,11-34H2,1-2H3,(H,38,39)/b10-9-. The number of carboxylic acid groups (broad SMARTS) is 1. The number of esters is 1. The van der Waals surface area contributed by atoms with E-state index >= 15 is 0 Å². The van der Waals surface area contributed by atoms with Crippen LogP contribution in [0.1, 0.15) is 206 Å². The number of hydrogen-bond donors (Lipinski definition) is 1. The smallest absolute Gasteiger partial charge is 0.306 e. The Morgan fingerprint density at radius 3 is 1.39 bits per heavy atom. The summed E-state index contributed by atoms with van der Waals surface area (Å²) in [6.45, 7) is 4.45. The highest BCUT2D eigenvalue weighted by atomic mass is 16.5. The molecule has 0 aromatic carbocycles. The molecule has 1 unspecified atom stereocenters. The van der Waals surface area contributed by atoms with Crippen LogP contribution in [-0.4, -0.2) is 23.1 Å². The number of unbranched alkanes of at least 4 members (excludes halogenated alkanes) is 22. The molecule has 0 aliphatic carbocycles. The topological polar surface area (TPSA) is 63.6 Å². The van der Waals surface area contributed by atoms with Crippen molar-refractivity contribution in [3.05, 3.63) is 12.2 Å². The number of carbonyl (C=O) groups is 2. The molecule has 0 heterocycles. The minimum absolute atomic E-state index is 0.0211. The third-order valence-corrected chi connectivity index (χ3v) is 8.22. The molecule has 0 radical (unpaired) electrons. The van der Waals surface area contributed by atoms with Gasteiger partial charge in [0.05, 0.1) is 0 Å². The minimum Gasteiger partial charge on any atom is -0.481 e. The molecule has 0 spiro atoms. The van der Waals surface area contributed by atoms with Crippen molar-refractivity contribution in [2.45, 2.75) is 213 Å². The summed E-state index contributed by atoms with van der Waals surface area (Å²) in [5.41, 5.74) is 0. The van der Waals surface area contributed by atoms with Crippen molar-refractivity contribution in [2.75, 3.05) is 0 Å². The summed E-state index contributed by atoms with van der Waals surface area (Å²) in [4.78, 5) is 22.9. The van der Waals surface area contributed by atoms with Crippen LogP contribution in [-0.2, 0) is 14.3 Å². The number of carbonyl (C=O) groups excluding carboxylic acids is 1. The van der Waals surface area contributed by atoms with E-state index in [1.54, 1.807) is 0 Å². The van der Waals surface area contributed by atoms with Gasteiger partial charge in [-0.3, -0.25) is 9.59 Å². The van der Waals surface area contributed by atoms with Crippen molar-refractivity contribution in [1.29, 1.82) is 0 Å². The first kappa shape index (κ1) is 39.7. The first-order chi connectivity index (χ1) is 20.1. The Kier molecular flexibility index (Phi) is 32.1. The van der Waals surface area contributed by atoms with E-state index in [1.165, 1.54) is 135 Å². The predicted molar refractivity (Wildman–Crippen MR) is 177 cm³/mol. The van der Waals surface area contributed by atoms with Crippen molar-refractivity contribution in [3.63, 3.8) is 0 Å². The van der Waals surface area contributed by atoms with Gasteiger partial charge in [-0.1, -0.05) is 148 Å². The molecule has 4 heteroatoms. The molecule has 0 aliphatic rings. The van der Waals surface area contributed by atoms with Gasteiger partial charge < -0.3 is 9.84 Å². The molecule has 0 fully saturated rings. The van der Waals surface area contributed by atoms with Crippen LogP contribution in [0, 0.1) is 0 Å². The van der Waals surface area contributed by atoms with Gasteiger partial charge in [0.1, 0.15) is 6.10 Å². The van der Waals surface area contributed by atoms with E-state index in [1.807, 2.05) is 0 Å². The molecule has 0 saturated carbocycles. The van der Waals surface area contributed by atoms with Crippen molar-refractivity contribution in [2.24, 2.45) is 0 Å². The lowest BCUT2D eigenvalue weighted by atomic mass is 10.0. The molecule has 0 saturated heterocycles. The molecule has 0 aromatic heterocycles. The highest BCUT2D eigenvalue weighted by Gasteiger charge is 2.13.